The highest BCUT2D eigenvalue weighted by atomic mass is 16.4. The van der Waals surface area contributed by atoms with Gasteiger partial charge in [0.25, 0.3) is 0 Å². The summed E-state index contributed by atoms with van der Waals surface area (Å²) in [5.41, 5.74) is -0.208. The van der Waals surface area contributed by atoms with E-state index in [0.717, 1.165) is 5.56 Å². The van der Waals surface area contributed by atoms with Gasteiger partial charge in [0.15, 0.2) is 0 Å². The molecule has 0 saturated heterocycles. The van der Waals surface area contributed by atoms with Crippen LogP contribution in [0.2, 0.25) is 0 Å². The van der Waals surface area contributed by atoms with Crippen LogP contribution in [0.3, 0.4) is 0 Å². The Morgan fingerprint density at radius 3 is 2.33 bits per heavy atom. The monoisotopic (exact) mass is 294 g/mol. The van der Waals surface area contributed by atoms with E-state index in [2.05, 4.69) is 5.32 Å². The van der Waals surface area contributed by atoms with Gasteiger partial charge in [0.2, 0.25) is 0 Å². The van der Waals surface area contributed by atoms with Crippen molar-refractivity contribution in [1.29, 1.82) is 0 Å². The average molecular weight is 294 g/mol. The number of carbonyl (C=O) groups excluding carboxylic acids is 1. The van der Waals surface area contributed by atoms with Crippen molar-refractivity contribution in [3.63, 3.8) is 0 Å². The van der Waals surface area contributed by atoms with Crippen LogP contribution in [-0.4, -0.2) is 52.3 Å². The average Bonchev–Trinajstić information content (AvgIpc) is 2.36. The number of likely N-dealkylation sites (N-methyl/N-ethyl adjacent to an activating group) is 1. The van der Waals surface area contributed by atoms with Crippen LogP contribution in [-0.2, 0) is 11.2 Å². The molecular formula is C15H22N2O4. The van der Waals surface area contributed by atoms with Gasteiger partial charge in [-0.3, -0.25) is 0 Å². The first-order chi connectivity index (χ1) is 9.69. The van der Waals surface area contributed by atoms with Crippen LogP contribution in [0.15, 0.2) is 30.3 Å². The summed E-state index contributed by atoms with van der Waals surface area (Å²) in [6.45, 7) is 3.27. The van der Waals surface area contributed by atoms with Gasteiger partial charge in [-0.2, -0.15) is 0 Å². The van der Waals surface area contributed by atoms with Crippen molar-refractivity contribution in [2.75, 3.05) is 13.6 Å². The summed E-state index contributed by atoms with van der Waals surface area (Å²) in [6, 6.07) is 7.55. The summed E-state index contributed by atoms with van der Waals surface area (Å²) in [5.74, 6) is -1.09. The summed E-state index contributed by atoms with van der Waals surface area (Å²) in [4.78, 5) is 24.5. The summed E-state index contributed by atoms with van der Waals surface area (Å²) < 4.78 is 0. The molecule has 3 N–H and O–H groups in total. The Bertz CT molecular complexity index is 482. The first kappa shape index (κ1) is 17.0. The number of aliphatic carboxylic acids is 1. The van der Waals surface area contributed by atoms with Gasteiger partial charge < -0.3 is 20.4 Å². The second kappa shape index (κ2) is 7.08. The van der Waals surface area contributed by atoms with Gasteiger partial charge in [0.1, 0.15) is 6.04 Å². The number of amides is 2. The number of nitrogens with one attached hydrogen (secondary N) is 1. The molecule has 0 heterocycles. The lowest BCUT2D eigenvalue weighted by molar-refractivity contribution is -0.139. The largest absolute Gasteiger partial charge is 0.480 e. The number of carbonyl (C=O) groups is 2. The van der Waals surface area contributed by atoms with E-state index < -0.39 is 23.6 Å². The normalized spacial score (nSPS) is 12.6. The standard InChI is InChI=1S/C15H22N2O4/c1-15(2,21)10-17(3)14(20)16-12(13(18)19)9-11-7-5-4-6-8-11/h4-8,12,21H,9-10H2,1-3H3,(H,16,20)(H,18,19)/t12-/m0/s1. The zero-order valence-electron chi connectivity index (χ0n) is 12.5. The Kier molecular flexibility index (Phi) is 5.72. The number of hydrogen-bond acceptors (Lipinski definition) is 3. The van der Waals surface area contributed by atoms with Gasteiger partial charge >= 0.3 is 12.0 Å². The van der Waals surface area contributed by atoms with Gasteiger partial charge in [-0.05, 0) is 19.4 Å². The molecule has 116 valence electrons. The third kappa shape index (κ3) is 6.27. The molecule has 0 spiro atoms. The number of aliphatic hydroxyl groups is 1. The number of benzene rings is 1. The molecule has 0 radical (unpaired) electrons. The SMILES string of the molecule is CN(CC(C)(C)O)C(=O)N[C@@H](Cc1ccccc1)C(=O)O. The van der Waals surface area contributed by atoms with E-state index in [1.807, 2.05) is 30.3 Å². The summed E-state index contributed by atoms with van der Waals surface area (Å²) in [7, 11) is 1.51. The summed E-state index contributed by atoms with van der Waals surface area (Å²) >= 11 is 0. The van der Waals surface area contributed by atoms with E-state index in [9.17, 15) is 19.8 Å². The fraction of sp³-hybridized carbons (Fsp3) is 0.467. The molecule has 6 nitrogen and oxygen atoms in total. The minimum absolute atomic E-state index is 0.108. The zero-order valence-corrected chi connectivity index (χ0v) is 12.5. The molecular weight excluding hydrogens is 272 g/mol. The lowest BCUT2D eigenvalue weighted by Crippen LogP contribution is -2.50. The third-order valence-electron chi connectivity index (χ3n) is 2.85. The van der Waals surface area contributed by atoms with E-state index in [-0.39, 0.29) is 13.0 Å². The maximum Gasteiger partial charge on any atom is 0.326 e. The highest BCUT2D eigenvalue weighted by Crippen LogP contribution is 2.06. The smallest absolute Gasteiger partial charge is 0.326 e. The van der Waals surface area contributed by atoms with Crippen LogP contribution in [0, 0.1) is 0 Å². The fourth-order valence-corrected chi connectivity index (χ4v) is 1.96. The Morgan fingerprint density at radius 1 is 1.29 bits per heavy atom. The molecule has 0 aliphatic rings. The minimum atomic E-state index is -1.09. The maximum atomic E-state index is 12.0. The Labute approximate surface area is 124 Å². The molecule has 1 atom stereocenters. The second-order valence-corrected chi connectivity index (χ2v) is 5.70. The van der Waals surface area contributed by atoms with Crippen LogP contribution in [0.4, 0.5) is 4.79 Å². The number of nitrogens with zero attached hydrogens (tertiary/aromatic N) is 1. The minimum Gasteiger partial charge on any atom is -0.480 e. The van der Waals surface area contributed by atoms with Crippen LogP contribution < -0.4 is 5.32 Å². The highest BCUT2D eigenvalue weighted by molar-refractivity contribution is 5.82. The number of carboxylic acids is 1. The second-order valence-electron chi connectivity index (χ2n) is 5.70. The van der Waals surface area contributed by atoms with E-state index in [4.69, 9.17) is 0 Å². The van der Waals surface area contributed by atoms with Gasteiger partial charge in [-0.15, -0.1) is 0 Å². The number of hydrogen-bond donors (Lipinski definition) is 3. The first-order valence-electron chi connectivity index (χ1n) is 6.70. The van der Waals surface area contributed by atoms with Crippen molar-refractivity contribution in [2.45, 2.75) is 31.9 Å². The summed E-state index contributed by atoms with van der Waals surface area (Å²) in [6.07, 6.45) is 0.207. The predicted molar refractivity (Wildman–Crippen MR) is 79.0 cm³/mol. The molecule has 0 bridgehead atoms. The van der Waals surface area contributed by atoms with E-state index in [0.29, 0.717) is 0 Å². The van der Waals surface area contributed by atoms with Gasteiger partial charge in [0, 0.05) is 13.5 Å². The number of carboxylic acid groups (broad SMARTS) is 1. The molecule has 21 heavy (non-hydrogen) atoms. The molecule has 0 saturated carbocycles. The highest BCUT2D eigenvalue weighted by Gasteiger charge is 2.24. The first-order valence-corrected chi connectivity index (χ1v) is 6.70. The topological polar surface area (TPSA) is 89.9 Å². The molecule has 1 aromatic rings. The molecule has 0 aliphatic carbocycles. The fourth-order valence-electron chi connectivity index (χ4n) is 1.96. The molecule has 2 amide bonds. The van der Waals surface area contributed by atoms with Gasteiger partial charge in [0.05, 0.1) is 12.1 Å². The van der Waals surface area contributed by atoms with E-state index in [1.54, 1.807) is 13.8 Å². The molecule has 0 aromatic heterocycles. The molecule has 1 aromatic carbocycles. The number of urea groups is 1. The Morgan fingerprint density at radius 2 is 1.86 bits per heavy atom. The van der Waals surface area contributed by atoms with Crippen molar-refractivity contribution in [2.24, 2.45) is 0 Å². The lowest BCUT2D eigenvalue weighted by Gasteiger charge is -2.27. The molecule has 0 fully saturated rings. The van der Waals surface area contributed by atoms with Gasteiger partial charge in [-0.1, -0.05) is 30.3 Å². The maximum absolute atomic E-state index is 12.0. The Balaban J connectivity index is 2.66. The third-order valence-corrected chi connectivity index (χ3v) is 2.85. The van der Waals surface area contributed by atoms with Crippen molar-refractivity contribution < 1.29 is 19.8 Å². The number of rotatable bonds is 6. The van der Waals surface area contributed by atoms with Crippen LogP contribution in [0.1, 0.15) is 19.4 Å². The van der Waals surface area contributed by atoms with E-state index >= 15 is 0 Å². The lowest BCUT2D eigenvalue weighted by atomic mass is 10.1. The predicted octanol–water partition coefficient (Wildman–Crippen LogP) is 1.09. The summed E-state index contributed by atoms with van der Waals surface area (Å²) in [5, 5.41) is 21.4. The molecule has 0 aliphatic heterocycles. The van der Waals surface area contributed by atoms with Crippen molar-refractivity contribution in [3.05, 3.63) is 35.9 Å². The van der Waals surface area contributed by atoms with Crippen LogP contribution in [0.25, 0.3) is 0 Å². The van der Waals surface area contributed by atoms with Crippen LogP contribution in [0.5, 0.6) is 0 Å². The van der Waals surface area contributed by atoms with Crippen molar-refractivity contribution >= 4 is 12.0 Å². The van der Waals surface area contributed by atoms with Crippen molar-refractivity contribution in [3.8, 4) is 0 Å². The zero-order chi connectivity index (χ0) is 16.0. The molecule has 1 rings (SSSR count). The van der Waals surface area contributed by atoms with E-state index in [1.165, 1.54) is 11.9 Å². The molecule has 0 unspecified atom stereocenters. The molecule has 6 heteroatoms. The van der Waals surface area contributed by atoms with Gasteiger partial charge in [-0.25, -0.2) is 9.59 Å². The Hall–Kier alpha value is -2.08. The quantitative estimate of drug-likeness (QED) is 0.732. The van der Waals surface area contributed by atoms with Crippen LogP contribution >= 0.6 is 0 Å². The van der Waals surface area contributed by atoms with Crippen molar-refractivity contribution in [1.82, 2.24) is 10.2 Å².